The first-order chi connectivity index (χ1) is 12.2. The van der Waals surface area contributed by atoms with Crippen molar-refractivity contribution in [3.05, 3.63) is 34.9 Å². The van der Waals surface area contributed by atoms with Gasteiger partial charge in [-0.25, -0.2) is 8.42 Å². The highest BCUT2D eigenvalue weighted by molar-refractivity contribution is 8.15. The van der Waals surface area contributed by atoms with Crippen LogP contribution in [-0.2, 0) is 26.0 Å². The van der Waals surface area contributed by atoms with Gasteiger partial charge in [-0.1, -0.05) is 35.5 Å². The lowest BCUT2D eigenvalue weighted by atomic mass is 10.1. The number of carboxylic acids is 1. The Labute approximate surface area is 160 Å². The standard InChI is InChI=1S/C16H17ClN2O5S2/c17-11-3-1-10(2-4-11)7-19-12-8-26(23,24)9-13(12)25-16(19)18-14(20)5-6-15(21)22/h1-4,12-13H,5-9H2,(H,21,22)/t12-,13-/m1/s1. The van der Waals surface area contributed by atoms with Gasteiger partial charge in [0.25, 0.3) is 0 Å². The molecule has 2 heterocycles. The second kappa shape index (κ2) is 7.58. The third-order valence-electron chi connectivity index (χ3n) is 4.21. The summed E-state index contributed by atoms with van der Waals surface area (Å²) in [4.78, 5) is 28.5. The predicted molar refractivity (Wildman–Crippen MR) is 100 cm³/mol. The van der Waals surface area contributed by atoms with Crippen LogP contribution in [0.25, 0.3) is 0 Å². The largest absolute Gasteiger partial charge is 0.481 e. The van der Waals surface area contributed by atoms with Crippen LogP contribution in [0.2, 0.25) is 5.02 Å². The molecular weight excluding hydrogens is 400 g/mol. The summed E-state index contributed by atoms with van der Waals surface area (Å²) < 4.78 is 23.9. The average Bonchev–Trinajstić information content (AvgIpc) is 3.00. The number of amides is 1. The second-order valence-corrected chi connectivity index (χ2v) is 10.0. The molecule has 0 spiro atoms. The summed E-state index contributed by atoms with van der Waals surface area (Å²) in [6, 6.07) is 6.93. The summed E-state index contributed by atoms with van der Waals surface area (Å²) >= 11 is 7.18. The maximum absolute atomic E-state index is 12.0. The number of hydrogen-bond acceptors (Lipinski definition) is 5. The number of benzene rings is 1. The second-order valence-electron chi connectivity index (χ2n) is 6.24. The van der Waals surface area contributed by atoms with Gasteiger partial charge in [0.05, 0.1) is 24.0 Å². The van der Waals surface area contributed by atoms with Gasteiger partial charge in [0.1, 0.15) is 0 Å². The molecule has 1 aromatic rings. The molecule has 26 heavy (non-hydrogen) atoms. The predicted octanol–water partition coefficient (Wildman–Crippen LogP) is 1.80. The summed E-state index contributed by atoms with van der Waals surface area (Å²) in [6.45, 7) is 0.409. The van der Waals surface area contributed by atoms with Crippen molar-refractivity contribution in [1.82, 2.24) is 4.90 Å². The minimum Gasteiger partial charge on any atom is -0.481 e. The number of amidine groups is 1. The monoisotopic (exact) mass is 416 g/mol. The van der Waals surface area contributed by atoms with Crippen molar-refractivity contribution in [3.63, 3.8) is 0 Å². The first-order valence-electron chi connectivity index (χ1n) is 7.95. The van der Waals surface area contributed by atoms with Crippen molar-refractivity contribution in [2.24, 2.45) is 4.99 Å². The Bertz CT molecular complexity index is 854. The fraction of sp³-hybridized carbons (Fsp3) is 0.438. The third kappa shape index (κ3) is 4.57. The number of carbonyl (C=O) groups excluding carboxylic acids is 1. The summed E-state index contributed by atoms with van der Waals surface area (Å²) in [5.41, 5.74) is 0.922. The maximum atomic E-state index is 12.0. The number of aliphatic carboxylic acids is 1. The number of rotatable bonds is 5. The highest BCUT2D eigenvalue weighted by atomic mass is 35.5. The van der Waals surface area contributed by atoms with Gasteiger partial charge in [-0.3, -0.25) is 9.59 Å². The van der Waals surface area contributed by atoms with Gasteiger partial charge in [-0.2, -0.15) is 4.99 Å². The van der Waals surface area contributed by atoms with E-state index < -0.39 is 21.7 Å². The van der Waals surface area contributed by atoms with E-state index in [1.807, 2.05) is 17.0 Å². The molecule has 0 saturated carbocycles. The van der Waals surface area contributed by atoms with Crippen molar-refractivity contribution in [1.29, 1.82) is 0 Å². The van der Waals surface area contributed by atoms with Gasteiger partial charge < -0.3 is 10.0 Å². The molecule has 2 atom stereocenters. The van der Waals surface area contributed by atoms with Gasteiger partial charge in [0.15, 0.2) is 15.0 Å². The van der Waals surface area contributed by atoms with E-state index >= 15 is 0 Å². The normalized spacial score (nSPS) is 25.4. The van der Waals surface area contributed by atoms with Crippen LogP contribution in [-0.4, -0.2) is 58.3 Å². The van der Waals surface area contributed by atoms with E-state index in [1.165, 1.54) is 11.8 Å². The number of thioether (sulfide) groups is 1. The molecule has 0 radical (unpaired) electrons. The van der Waals surface area contributed by atoms with E-state index in [2.05, 4.69) is 4.99 Å². The number of carbonyl (C=O) groups is 2. The zero-order valence-corrected chi connectivity index (χ0v) is 16.1. The molecule has 0 aliphatic carbocycles. The summed E-state index contributed by atoms with van der Waals surface area (Å²) in [6.07, 6.45) is -0.458. The van der Waals surface area contributed by atoms with E-state index in [0.29, 0.717) is 16.7 Å². The van der Waals surface area contributed by atoms with E-state index in [9.17, 15) is 18.0 Å². The molecule has 140 valence electrons. The fourth-order valence-electron chi connectivity index (χ4n) is 2.98. The fourth-order valence-corrected chi connectivity index (χ4v) is 7.08. The lowest BCUT2D eigenvalue weighted by Gasteiger charge is -2.24. The molecule has 1 aromatic carbocycles. The van der Waals surface area contributed by atoms with Gasteiger partial charge in [0, 0.05) is 23.2 Å². The zero-order chi connectivity index (χ0) is 18.9. The quantitative estimate of drug-likeness (QED) is 0.780. The van der Waals surface area contributed by atoms with E-state index in [-0.39, 0.29) is 35.6 Å². The van der Waals surface area contributed by atoms with E-state index in [0.717, 1.165) is 5.56 Å². The lowest BCUT2D eigenvalue weighted by molar-refractivity contribution is -0.138. The number of halogens is 1. The summed E-state index contributed by atoms with van der Waals surface area (Å²) in [7, 11) is -3.11. The molecule has 7 nitrogen and oxygen atoms in total. The number of aliphatic imine (C=N–C) groups is 1. The number of fused-ring (bicyclic) bond motifs is 1. The Morgan fingerprint density at radius 3 is 2.58 bits per heavy atom. The van der Waals surface area contributed by atoms with Crippen LogP contribution in [0.5, 0.6) is 0 Å². The average molecular weight is 417 g/mol. The van der Waals surface area contributed by atoms with Crippen LogP contribution in [0, 0.1) is 0 Å². The minimum absolute atomic E-state index is 0.0284. The van der Waals surface area contributed by atoms with Crippen LogP contribution in [0.1, 0.15) is 18.4 Å². The van der Waals surface area contributed by atoms with Gasteiger partial charge in [-0.15, -0.1) is 0 Å². The SMILES string of the molecule is O=C(O)CCC(=O)N=C1S[C@@H]2CS(=O)(=O)C[C@H]2N1Cc1ccc(Cl)cc1. The molecule has 2 aliphatic rings. The lowest BCUT2D eigenvalue weighted by Crippen LogP contribution is -2.37. The molecule has 2 saturated heterocycles. The molecule has 2 aliphatic heterocycles. The first kappa shape index (κ1) is 19.2. The maximum Gasteiger partial charge on any atom is 0.303 e. The van der Waals surface area contributed by atoms with Crippen molar-refractivity contribution < 1.29 is 23.1 Å². The molecule has 0 aromatic heterocycles. The van der Waals surface area contributed by atoms with Crippen LogP contribution in [0.3, 0.4) is 0 Å². The van der Waals surface area contributed by atoms with Gasteiger partial charge in [-0.05, 0) is 17.7 Å². The smallest absolute Gasteiger partial charge is 0.303 e. The number of carboxylic acid groups (broad SMARTS) is 1. The van der Waals surface area contributed by atoms with Crippen LogP contribution in [0.4, 0.5) is 0 Å². The molecule has 10 heteroatoms. The summed E-state index contributed by atoms with van der Waals surface area (Å²) in [5.74, 6) is -1.49. The molecule has 1 amide bonds. The Hall–Kier alpha value is -1.58. The third-order valence-corrected chi connectivity index (χ3v) is 7.71. The van der Waals surface area contributed by atoms with Crippen molar-refractivity contribution >= 4 is 50.2 Å². The molecular formula is C16H17ClN2O5S2. The topological polar surface area (TPSA) is 104 Å². The first-order valence-corrected chi connectivity index (χ1v) is 11.0. The van der Waals surface area contributed by atoms with Crippen LogP contribution < -0.4 is 0 Å². The van der Waals surface area contributed by atoms with Crippen LogP contribution >= 0.6 is 23.4 Å². The Morgan fingerprint density at radius 2 is 1.92 bits per heavy atom. The Morgan fingerprint density at radius 1 is 1.23 bits per heavy atom. The Balaban J connectivity index is 1.82. The number of sulfone groups is 1. The van der Waals surface area contributed by atoms with Crippen molar-refractivity contribution in [2.75, 3.05) is 11.5 Å². The van der Waals surface area contributed by atoms with E-state index in [4.69, 9.17) is 16.7 Å². The van der Waals surface area contributed by atoms with E-state index in [1.54, 1.807) is 12.1 Å². The highest BCUT2D eigenvalue weighted by Crippen LogP contribution is 2.39. The van der Waals surface area contributed by atoms with Gasteiger partial charge >= 0.3 is 5.97 Å². The number of hydrogen-bond donors (Lipinski definition) is 1. The Kier molecular flexibility index (Phi) is 5.59. The molecule has 0 unspecified atom stereocenters. The molecule has 1 N–H and O–H groups in total. The molecule has 2 fully saturated rings. The van der Waals surface area contributed by atoms with Crippen molar-refractivity contribution in [2.45, 2.75) is 30.7 Å². The number of nitrogens with zero attached hydrogens (tertiary/aromatic N) is 2. The van der Waals surface area contributed by atoms with Crippen molar-refractivity contribution in [3.8, 4) is 0 Å². The molecule has 3 rings (SSSR count). The van der Waals surface area contributed by atoms with Crippen LogP contribution in [0.15, 0.2) is 29.3 Å². The highest BCUT2D eigenvalue weighted by Gasteiger charge is 2.48. The molecule has 0 bridgehead atoms. The summed E-state index contributed by atoms with van der Waals surface area (Å²) in [5, 5.41) is 9.58. The minimum atomic E-state index is -3.11. The van der Waals surface area contributed by atoms with Gasteiger partial charge in [0.2, 0.25) is 5.91 Å². The zero-order valence-electron chi connectivity index (χ0n) is 13.7.